The Morgan fingerprint density at radius 1 is 1.44 bits per heavy atom. The summed E-state index contributed by atoms with van der Waals surface area (Å²) in [5.74, 6) is 0.601. The molecule has 0 radical (unpaired) electrons. The Kier molecular flexibility index (Phi) is 6.10. The highest BCUT2D eigenvalue weighted by Gasteiger charge is 2.11. The number of non-ortho nitro benzene ring substituents is 1. The average Bonchev–Trinajstić information content (AvgIpc) is 2.38. The summed E-state index contributed by atoms with van der Waals surface area (Å²) in [6, 6.07) is 4.48. The van der Waals surface area contributed by atoms with E-state index in [0.29, 0.717) is 24.5 Å². The Balaban J connectivity index is 2.61. The van der Waals surface area contributed by atoms with Gasteiger partial charge in [0.1, 0.15) is 5.75 Å². The predicted octanol–water partition coefficient (Wildman–Crippen LogP) is 1.73. The van der Waals surface area contributed by atoms with E-state index in [0.717, 1.165) is 13.1 Å². The number of hydrogen-bond donors (Lipinski definition) is 1. The molecule has 0 atom stereocenters. The molecule has 100 valence electrons. The van der Waals surface area contributed by atoms with Crippen LogP contribution in [0.1, 0.15) is 12.5 Å². The fraction of sp³-hybridized carbons (Fsp3) is 0.500. The third kappa shape index (κ3) is 4.31. The minimum atomic E-state index is -0.429. The van der Waals surface area contributed by atoms with E-state index in [-0.39, 0.29) is 5.69 Å². The molecule has 0 aliphatic carbocycles. The van der Waals surface area contributed by atoms with Gasteiger partial charge in [-0.3, -0.25) is 10.1 Å². The van der Waals surface area contributed by atoms with Crippen LogP contribution in [-0.4, -0.2) is 31.7 Å². The van der Waals surface area contributed by atoms with Gasteiger partial charge >= 0.3 is 0 Å². The molecular formula is C12H18N2O4. The van der Waals surface area contributed by atoms with Gasteiger partial charge < -0.3 is 14.8 Å². The van der Waals surface area contributed by atoms with Crippen molar-refractivity contribution >= 4 is 5.69 Å². The molecule has 1 aromatic carbocycles. The molecular weight excluding hydrogens is 236 g/mol. The van der Waals surface area contributed by atoms with Crippen LogP contribution in [0, 0.1) is 10.1 Å². The van der Waals surface area contributed by atoms with Crippen LogP contribution in [0.5, 0.6) is 5.75 Å². The Hall–Kier alpha value is -1.66. The molecule has 1 N–H and O–H groups in total. The number of hydrogen-bond acceptors (Lipinski definition) is 5. The molecule has 1 rings (SSSR count). The van der Waals surface area contributed by atoms with Crippen molar-refractivity contribution in [3.63, 3.8) is 0 Å². The van der Waals surface area contributed by atoms with Gasteiger partial charge in [0.25, 0.3) is 5.69 Å². The van der Waals surface area contributed by atoms with Crippen molar-refractivity contribution in [2.45, 2.75) is 13.5 Å². The van der Waals surface area contributed by atoms with Gasteiger partial charge in [0.15, 0.2) is 0 Å². The van der Waals surface area contributed by atoms with Gasteiger partial charge in [-0.1, -0.05) is 6.92 Å². The Labute approximate surface area is 106 Å². The first-order valence-corrected chi connectivity index (χ1v) is 5.78. The van der Waals surface area contributed by atoms with Gasteiger partial charge in [-0.05, 0) is 12.6 Å². The van der Waals surface area contributed by atoms with E-state index >= 15 is 0 Å². The number of methoxy groups -OCH3 is 1. The molecule has 0 saturated carbocycles. The minimum Gasteiger partial charge on any atom is -0.496 e. The SMILES string of the molecule is CCNCCOCc1cc([N+](=O)[O-])ccc1OC. The van der Waals surface area contributed by atoms with E-state index in [1.807, 2.05) is 6.92 Å². The lowest BCUT2D eigenvalue weighted by atomic mass is 10.2. The summed E-state index contributed by atoms with van der Waals surface area (Å²) >= 11 is 0. The summed E-state index contributed by atoms with van der Waals surface area (Å²) in [4.78, 5) is 10.3. The summed E-state index contributed by atoms with van der Waals surface area (Å²) in [5.41, 5.74) is 0.726. The van der Waals surface area contributed by atoms with Crippen molar-refractivity contribution in [1.29, 1.82) is 0 Å². The summed E-state index contributed by atoms with van der Waals surface area (Å²) in [6.45, 7) is 4.52. The molecule has 0 unspecified atom stereocenters. The maximum Gasteiger partial charge on any atom is 0.270 e. The van der Waals surface area contributed by atoms with E-state index in [9.17, 15) is 10.1 Å². The quantitative estimate of drug-likeness (QED) is 0.434. The number of likely N-dealkylation sites (N-methyl/N-ethyl adjacent to an activating group) is 1. The van der Waals surface area contributed by atoms with Crippen LogP contribution in [0.4, 0.5) is 5.69 Å². The Morgan fingerprint density at radius 2 is 2.22 bits per heavy atom. The summed E-state index contributed by atoms with van der Waals surface area (Å²) in [5, 5.41) is 13.8. The lowest BCUT2D eigenvalue weighted by molar-refractivity contribution is -0.385. The lowest BCUT2D eigenvalue weighted by Gasteiger charge is -2.09. The summed E-state index contributed by atoms with van der Waals surface area (Å²) in [7, 11) is 1.53. The fourth-order valence-electron chi connectivity index (χ4n) is 1.49. The molecule has 18 heavy (non-hydrogen) atoms. The van der Waals surface area contributed by atoms with E-state index in [4.69, 9.17) is 9.47 Å². The van der Waals surface area contributed by atoms with Gasteiger partial charge in [0, 0.05) is 24.2 Å². The lowest BCUT2D eigenvalue weighted by Crippen LogP contribution is -2.18. The molecule has 0 aliphatic heterocycles. The Morgan fingerprint density at radius 3 is 2.83 bits per heavy atom. The number of nitro groups is 1. The largest absolute Gasteiger partial charge is 0.496 e. The highest BCUT2D eigenvalue weighted by atomic mass is 16.6. The molecule has 6 nitrogen and oxygen atoms in total. The van der Waals surface area contributed by atoms with Crippen molar-refractivity contribution < 1.29 is 14.4 Å². The first kappa shape index (κ1) is 14.4. The number of rotatable bonds is 8. The van der Waals surface area contributed by atoms with E-state index < -0.39 is 4.92 Å². The van der Waals surface area contributed by atoms with Gasteiger partial charge in [-0.2, -0.15) is 0 Å². The molecule has 0 amide bonds. The monoisotopic (exact) mass is 254 g/mol. The number of nitrogens with one attached hydrogen (secondary N) is 1. The van der Waals surface area contributed by atoms with Crippen LogP contribution < -0.4 is 10.1 Å². The fourth-order valence-corrected chi connectivity index (χ4v) is 1.49. The summed E-state index contributed by atoms with van der Waals surface area (Å²) in [6.07, 6.45) is 0. The zero-order valence-electron chi connectivity index (χ0n) is 10.6. The van der Waals surface area contributed by atoms with Crippen LogP contribution in [-0.2, 0) is 11.3 Å². The standard InChI is InChI=1S/C12H18N2O4/c1-3-13-6-7-18-9-10-8-11(14(15)16)4-5-12(10)17-2/h4-5,8,13H,3,6-7,9H2,1-2H3. The third-order valence-corrected chi connectivity index (χ3v) is 2.41. The maximum atomic E-state index is 10.7. The van der Waals surface area contributed by atoms with Crippen molar-refractivity contribution in [3.8, 4) is 5.75 Å². The molecule has 0 saturated heterocycles. The number of nitro benzene ring substituents is 1. The van der Waals surface area contributed by atoms with E-state index in [2.05, 4.69) is 5.32 Å². The smallest absolute Gasteiger partial charge is 0.270 e. The molecule has 0 aliphatic rings. The number of nitrogens with zero attached hydrogens (tertiary/aromatic N) is 1. The average molecular weight is 254 g/mol. The van der Waals surface area contributed by atoms with Crippen LogP contribution in [0.15, 0.2) is 18.2 Å². The molecule has 0 fully saturated rings. The first-order chi connectivity index (χ1) is 8.69. The minimum absolute atomic E-state index is 0.0427. The van der Waals surface area contributed by atoms with Crippen LogP contribution in [0.25, 0.3) is 0 Å². The van der Waals surface area contributed by atoms with Crippen molar-refractivity contribution in [1.82, 2.24) is 5.32 Å². The Bertz CT molecular complexity index is 396. The van der Waals surface area contributed by atoms with Gasteiger partial charge in [-0.25, -0.2) is 0 Å². The topological polar surface area (TPSA) is 73.6 Å². The number of ether oxygens (including phenoxy) is 2. The molecule has 0 heterocycles. The number of benzene rings is 1. The molecule has 0 bridgehead atoms. The molecule has 6 heteroatoms. The second-order valence-corrected chi connectivity index (χ2v) is 3.66. The van der Waals surface area contributed by atoms with Gasteiger partial charge in [-0.15, -0.1) is 0 Å². The highest BCUT2D eigenvalue weighted by Crippen LogP contribution is 2.24. The van der Waals surface area contributed by atoms with Crippen LogP contribution in [0.3, 0.4) is 0 Å². The van der Waals surface area contributed by atoms with Crippen LogP contribution >= 0.6 is 0 Å². The second kappa shape index (κ2) is 7.62. The van der Waals surface area contributed by atoms with Crippen LogP contribution in [0.2, 0.25) is 0 Å². The normalized spacial score (nSPS) is 10.3. The maximum absolute atomic E-state index is 10.7. The van der Waals surface area contributed by atoms with E-state index in [1.54, 1.807) is 6.07 Å². The molecule has 1 aromatic rings. The van der Waals surface area contributed by atoms with Crippen molar-refractivity contribution in [3.05, 3.63) is 33.9 Å². The van der Waals surface area contributed by atoms with Crippen molar-refractivity contribution in [2.24, 2.45) is 0 Å². The third-order valence-electron chi connectivity index (χ3n) is 2.41. The van der Waals surface area contributed by atoms with Gasteiger partial charge in [0.2, 0.25) is 0 Å². The van der Waals surface area contributed by atoms with Crippen molar-refractivity contribution in [2.75, 3.05) is 26.8 Å². The molecule has 0 aromatic heterocycles. The molecule has 0 spiro atoms. The first-order valence-electron chi connectivity index (χ1n) is 5.78. The summed E-state index contributed by atoms with van der Waals surface area (Å²) < 4.78 is 10.6. The predicted molar refractivity (Wildman–Crippen MR) is 67.8 cm³/mol. The van der Waals surface area contributed by atoms with Gasteiger partial charge in [0.05, 0.1) is 25.2 Å². The second-order valence-electron chi connectivity index (χ2n) is 3.66. The highest BCUT2D eigenvalue weighted by molar-refractivity contribution is 5.43. The van der Waals surface area contributed by atoms with E-state index in [1.165, 1.54) is 19.2 Å². The zero-order valence-corrected chi connectivity index (χ0v) is 10.6. The zero-order chi connectivity index (χ0) is 13.4.